The Labute approximate surface area is 209 Å². The highest BCUT2D eigenvalue weighted by Gasteiger charge is 2.16. The largest absolute Gasteiger partial charge is 0.452 e. The molecule has 0 aromatic heterocycles. The Bertz CT molecular complexity index is 942. The molecule has 0 aliphatic carbocycles. The molecule has 2 amide bonds. The molecule has 0 saturated carbocycles. The van der Waals surface area contributed by atoms with Crippen LogP contribution in [0.1, 0.15) is 94.0 Å². The highest BCUT2D eigenvalue weighted by Crippen LogP contribution is 2.18. The lowest BCUT2D eigenvalue weighted by Crippen LogP contribution is -2.22. The van der Waals surface area contributed by atoms with Crippen molar-refractivity contribution in [3.8, 4) is 0 Å². The summed E-state index contributed by atoms with van der Waals surface area (Å²) in [6, 6.07) is 14.2. The molecule has 0 fully saturated rings. The Hall–Kier alpha value is -3.15. The van der Waals surface area contributed by atoms with Gasteiger partial charge < -0.3 is 15.4 Å². The van der Waals surface area contributed by atoms with E-state index in [1.54, 1.807) is 24.3 Å². The number of carbonyl (C=O) groups is 3. The van der Waals surface area contributed by atoms with Gasteiger partial charge in [0.2, 0.25) is 5.91 Å². The minimum Gasteiger partial charge on any atom is -0.452 e. The maximum absolute atomic E-state index is 12.6. The standard InChI is InChI=1S/C29H40N2O4/c1-3-5-6-7-8-9-10-11-12-21-27(32)31-26-20-16-14-18-24(26)29(34)35-22-28(33)30-25-19-15-13-17-23(25)4-2/h13-20H,3-12,21-22H2,1-2H3,(H,30,33)(H,31,32). The van der Waals surface area contributed by atoms with E-state index in [-0.39, 0.29) is 11.5 Å². The van der Waals surface area contributed by atoms with Crippen LogP contribution in [0.15, 0.2) is 48.5 Å². The van der Waals surface area contributed by atoms with E-state index >= 15 is 0 Å². The van der Waals surface area contributed by atoms with Crippen LogP contribution in [0.4, 0.5) is 11.4 Å². The molecular weight excluding hydrogens is 440 g/mol. The SMILES string of the molecule is CCCCCCCCCCCC(=O)Nc1ccccc1C(=O)OCC(=O)Nc1ccccc1CC. The molecular formula is C29H40N2O4. The third-order valence-corrected chi connectivity index (χ3v) is 5.94. The van der Waals surface area contributed by atoms with Crippen molar-refractivity contribution in [1.29, 1.82) is 0 Å². The molecule has 0 saturated heterocycles. The van der Waals surface area contributed by atoms with E-state index in [1.807, 2.05) is 31.2 Å². The number of aryl methyl sites for hydroxylation is 1. The summed E-state index contributed by atoms with van der Waals surface area (Å²) in [5, 5.41) is 5.60. The van der Waals surface area contributed by atoms with Crippen LogP contribution in [0.25, 0.3) is 0 Å². The second-order valence-corrected chi connectivity index (χ2v) is 8.81. The molecule has 0 spiro atoms. The Morgan fingerprint density at radius 2 is 1.26 bits per heavy atom. The van der Waals surface area contributed by atoms with Gasteiger partial charge in [-0.05, 0) is 36.6 Å². The number of esters is 1. The van der Waals surface area contributed by atoms with Gasteiger partial charge in [-0.15, -0.1) is 0 Å². The zero-order valence-corrected chi connectivity index (χ0v) is 21.2. The maximum Gasteiger partial charge on any atom is 0.340 e. The summed E-state index contributed by atoms with van der Waals surface area (Å²) < 4.78 is 5.22. The predicted molar refractivity (Wildman–Crippen MR) is 142 cm³/mol. The number of unbranched alkanes of at least 4 members (excludes halogenated alkanes) is 8. The number of benzene rings is 2. The Morgan fingerprint density at radius 3 is 1.94 bits per heavy atom. The molecule has 190 valence electrons. The van der Waals surface area contributed by atoms with Crippen molar-refractivity contribution in [1.82, 2.24) is 0 Å². The minimum absolute atomic E-state index is 0.123. The van der Waals surface area contributed by atoms with Crippen molar-refractivity contribution in [3.63, 3.8) is 0 Å². The first-order valence-corrected chi connectivity index (χ1v) is 13.0. The number of rotatable bonds is 16. The molecule has 0 aliphatic rings. The van der Waals surface area contributed by atoms with E-state index in [0.29, 0.717) is 17.8 Å². The summed E-state index contributed by atoms with van der Waals surface area (Å²) in [4.78, 5) is 37.3. The molecule has 6 heteroatoms. The second kappa shape index (κ2) is 16.5. The van der Waals surface area contributed by atoms with E-state index in [4.69, 9.17) is 4.74 Å². The maximum atomic E-state index is 12.6. The first-order chi connectivity index (χ1) is 17.0. The lowest BCUT2D eigenvalue weighted by Gasteiger charge is -2.12. The van der Waals surface area contributed by atoms with Crippen molar-refractivity contribution < 1.29 is 19.1 Å². The highest BCUT2D eigenvalue weighted by atomic mass is 16.5. The van der Waals surface area contributed by atoms with Gasteiger partial charge in [0.05, 0.1) is 11.3 Å². The van der Waals surface area contributed by atoms with Crippen LogP contribution < -0.4 is 10.6 Å². The molecule has 2 rings (SSSR count). The van der Waals surface area contributed by atoms with Gasteiger partial charge in [0.25, 0.3) is 5.91 Å². The summed E-state index contributed by atoms with van der Waals surface area (Å²) in [6.45, 7) is 3.82. The summed E-state index contributed by atoms with van der Waals surface area (Å²) in [6.07, 6.45) is 11.9. The van der Waals surface area contributed by atoms with Crippen LogP contribution >= 0.6 is 0 Å². The zero-order chi connectivity index (χ0) is 25.3. The molecule has 35 heavy (non-hydrogen) atoms. The van der Waals surface area contributed by atoms with Gasteiger partial charge in [0.15, 0.2) is 6.61 Å². The number of hydrogen-bond acceptors (Lipinski definition) is 4. The summed E-state index contributed by atoms with van der Waals surface area (Å²) in [7, 11) is 0. The quantitative estimate of drug-likeness (QED) is 0.202. The van der Waals surface area contributed by atoms with Gasteiger partial charge in [-0.25, -0.2) is 4.79 Å². The number of anilines is 2. The Balaban J connectivity index is 1.75. The van der Waals surface area contributed by atoms with Gasteiger partial charge in [0.1, 0.15) is 0 Å². The minimum atomic E-state index is -0.650. The van der Waals surface area contributed by atoms with Crippen LogP contribution in [-0.2, 0) is 20.7 Å². The van der Waals surface area contributed by atoms with Crippen LogP contribution in [-0.4, -0.2) is 24.4 Å². The van der Waals surface area contributed by atoms with Crippen molar-refractivity contribution in [2.24, 2.45) is 0 Å². The van der Waals surface area contributed by atoms with E-state index < -0.39 is 18.5 Å². The van der Waals surface area contributed by atoms with E-state index in [0.717, 1.165) is 31.2 Å². The van der Waals surface area contributed by atoms with Crippen molar-refractivity contribution in [3.05, 3.63) is 59.7 Å². The second-order valence-electron chi connectivity index (χ2n) is 8.81. The lowest BCUT2D eigenvalue weighted by molar-refractivity contribution is -0.119. The Kier molecular flexibility index (Phi) is 13.2. The average molecular weight is 481 g/mol. The van der Waals surface area contributed by atoms with Crippen molar-refractivity contribution in [2.75, 3.05) is 17.2 Å². The zero-order valence-electron chi connectivity index (χ0n) is 21.2. The molecule has 0 unspecified atom stereocenters. The number of amides is 2. The monoisotopic (exact) mass is 480 g/mol. The van der Waals surface area contributed by atoms with Crippen molar-refractivity contribution in [2.45, 2.75) is 84.5 Å². The average Bonchev–Trinajstić information content (AvgIpc) is 2.87. The number of para-hydroxylation sites is 2. The van der Waals surface area contributed by atoms with Gasteiger partial charge in [0, 0.05) is 12.1 Å². The van der Waals surface area contributed by atoms with E-state index in [2.05, 4.69) is 17.6 Å². The van der Waals surface area contributed by atoms with Gasteiger partial charge in [-0.1, -0.05) is 95.5 Å². The van der Waals surface area contributed by atoms with Crippen molar-refractivity contribution >= 4 is 29.2 Å². The molecule has 2 aromatic carbocycles. The first-order valence-electron chi connectivity index (χ1n) is 13.0. The fraction of sp³-hybridized carbons (Fsp3) is 0.483. The first kappa shape index (κ1) is 28.1. The molecule has 0 bridgehead atoms. The number of ether oxygens (including phenoxy) is 1. The summed E-state index contributed by atoms with van der Waals surface area (Å²) >= 11 is 0. The normalized spacial score (nSPS) is 10.6. The summed E-state index contributed by atoms with van der Waals surface area (Å²) in [5.74, 6) is -1.18. The summed E-state index contributed by atoms with van der Waals surface area (Å²) in [5.41, 5.74) is 2.34. The molecule has 0 atom stereocenters. The van der Waals surface area contributed by atoms with Crippen LogP contribution in [0.2, 0.25) is 0 Å². The molecule has 0 radical (unpaired) electrons. The van der Waals surface area contributed by atoms with Gasteiger partial charge in [-0.3, -0.25) is 9.59 Å². The molecule has 2 N–H and O–H groups in total. The van der Waals surface area contributed by atoms with Crippen LogP contribution in [0.5, 0.6) is 0 Å². The van der Waals surface area contributed by atoms with Crippen LogP contribution in [0, 0.1) is 0 Å². The highest BCUT2D eigenvalue weighted by molar-refractivity contribution is 6.02. The third kappa shape index (κ3) is 10.8. The smallest absolute Gasteiger partial charge is 0.340 e. The molecule has 0 aliphatic heterocycles. The third-order valence-electron chi connectivity index (χ3n) is 5.94. The lowest BCUT2D eigenvalue weighted by atomic mass is 10.1. The topological polar surface area (TPSA) is 84.5 Å². The van der Waals surface area contributed by atoms with E-state index in [9.17, 15) is 14.4 Å². The number of nitrogens with one attached hydrogen (secondary N) is 2. The van der Waals surface area contributed by atoms with Crippen LogP contribution in [0.3, 0.4) is 0 Å². The fourth-order valence-electron chi connectivity index (χ4n) is 3.92. The molecule has 0 heterocycles. The fourth-order valence-corrected chi connectivity index (χ4v) is 3.92. The molecule has 6 nitrogen and oxygen atoms in total. The Morgan fingerprint density at radius 1 is 0.686 bits per heavy atom. The number of carbonyl (C=O) groups excluding carboxylic acids is 3. The van der Waals surface area contributed by atoms with Gasteiger partial charge in [-0.2, -0.15) is 0 Å². The molecule has 2 aromatic rings. The predicted octanol–water partition coefficient (Wildman–Crippen LogP) is 6.90. The van der Waals surface area contributed by atoms with E-state index in [1.165, 1.54) is 38.5 Å². The van der Waals surface area contributed by atoms with Gasteiger partial charge >= 0.3 is 5.97 Å². The number of hydrogen-bond donors (Lipinski definition) is 2.